The van der Waals surface area contributed by atoms with Gasteiger partial charge in [0.1, 0.15) is 13.1 Å². The van der Waals surface area contributed by atoms with Crippen LogP contribution in [0.1, 0.15) is 129 Å². The molecule has 2 heterocycles. The Hall–Kier alpha value is -0.240. The highest BCUT2D eigenvalue weighted by molar-refractivity contribution is 4.98. The molecule has 0 aliphatic heterocycles. The third kappa shape index (κ3) is 18.9. The van der Waals surface area contributed by atoms with Crippen molar-refractivity contribution in [3.8, 4) is 0 Å². The summed E-state index contributed by atoms with van der Waals surface area (Å²) in [7, 11) is 0. The molecule has 36 heavy (non-hydrogen) atoms. The highest BCUT2D eigenvalue weighted by atomic mass is 127. The van der Waals surface area contributed by atoms with Gasteiger partial charge >= 0.3 is 0 Å². The van der Waals surface area contributed by atoms with Crippen molar-refractivity contribution in [2.75, 3.05) is 0 Å². The Balaban J connectivity index is 0. The van der Waals surface area contributed by atoms with Crippen LogP contribution >= 0.6 is 0 Å². The first kappa shape index (κ1) is 37.9. The van der Waals surface area contributed by atoms with Crippen molar-refractivity contribution in [2.45, 2.75) is 144 Å². The Bertz CT molecular complexity index is 721. The van der Waals surface area contributed by atoms with Gasteiger partial charge in [0.25, 0.3) is 0 Å². The third-order valence-corrected chi connectivity index (χ3v) is 6.82. The van der Waals surface area contributed by atoms with E-state index in [0.717, 1.165) is 13.1 Å². The van der Waals surface area contributed by atoms with Gasteiger partial charge in [-0.15, -0.1) is 0 Å². The number of unbranched alkanes of at least 4 members (excludes halogenated alkanes) is 12. The highest BCUT2D eigenvalue weighted by Crippen LogP contribution is 2.10. The molecule has 2 aromatic heterocycles. The number of halogens is 2. The predicted octanol–water partition coefficient (Wildman–Crippen LogP) is 2.58. The molecule has 0 aromatic carbocycles. The first-order valence-electron chi connectivity index (χ1n) is 14.7. The van der Waals surface area contributed by atoms with E-state index >= 15 is 0 Å². The molecule has 0 fully saturated rings. The van der Waals surface area contributed by atoms with Gasteiger partial charge in [-0.3, -0.25) is 0 Å². The minimum atomic E-state index is 0. The highest BCUT2D eigenvalue weighted by Gasteiger charge is 2.07. The molecule has 2 nitrogen and oxygen atoms in total. The van der Waals surface area contributed by atoms with Crippen LogP contribution in [0.5, 0.6) is 0 Å². The molecule has 4 heteroatoms. The summed E-state index contributed by atoms with van der Waals surface area (Å²) in [6.07, 6.45) is 26.4. The first-order chi connectivity index (χ1) is 16.8. The lowest BCUT2D eigenvalue weighted by molar-refractivity contribution is -0.701. The molecule has 0 amide bonds. The minimum Gasteiger partial charge on any atom is -1.00 e. The zero-order chi connectivity index (χ0) is 24.7. The van der Waals surface area contributed by atoms with Crippen LogP contribution in [-0.2, 0) is 25.9 Å². The molecule has 0 unspecified atom stereocenters. The van der Waals surface area contributed by atoms with Crippen LogP contribution in [-0.4, -0.2) is 0 Å². The smallest absolute Gasteiger partial charge is 0.181 e. The summed E-state index contributed by atoms with van der Waals surface area (Å²) in [5.74, 6) is 0. The number of rotatable bonds is 18. The van der Waals surface area contributed by atoms with Crippen molar-refractivity contribution in [1.29, 1.82) is 0 Å². The average molecular weight is 723 g/mol. The van der Waals surface area contributed by atoms with E-state index in [0.29, 0.717) is 0 Å². The second-order valence-electron chi connectivity index (χ2n) is 9.70. The topological polar surface area (TPSA) is 7.76 Å². The zero-order valence-electron chi connectivity index (χ0n) is 24.0. The molecule has 208 valence electrons. The van der Waals surface area contributed by atoms with Crippen molar-refractivity contribution < 1.29 is 57.1 Å². The Morgan fingerprint density at radius 2 is 0.778 bits per heavy atom. The summed E-state index contributed by atoms with van der Waals surface area (Å²) in [5.41, 5.74) is 2.98. The van der Waals surface area contributed by atoms with E-state index in [9.17, 15) is 0 Å². The van der Waals surface area contributed by atoms with E-state index < -0.39 is 0 Å². The van der Waals surface area contributed by atoms with Crippen molar-refractivity contribution in [3.63, 3.8) is 0 Å². The van der Waals surface area contributed by atoms with Gasteiger partial charge in [-0.25, -0.2) is 9.13 Å². The molecule has 0 N–H and O–H groups in total. The number of aryl methyl sites for hydroxylation is 4. The summed E-state index contributed by atoms with van der Waals surface area (Å²) in [4.78, 5) is 0. The number of nitrogens with zero attached hydrogens (tertiary/aromatic N) is 2. The molecule has 2 rings (SSSR count). The lowest BCUT2D eigenvalue weighted by atomic mass is 10.1. The van der Waals surface area contributed by atoms with Gasteiger partial charge in [0.2, 0.25) is 0 Å². The Labute approximate surface area is 259 Å². The van der Waals surface area contributed by atoms with Gasteiger partial charge in [-0.1, -0.05) is 103 Å². The maximum absolute atomic E-state index is 2.36. The number of hydrogen-bond acceptors (Lipinski definition) is 0. The monoisotopic (exact) mass is 722 g/mol. The van der Waals surface area contributed by atoms with Gasteiger partial charge < -0.3 is 48.0 Å². The van der Waals surface area contributed by atoms with E-state index in [1.54, 1.807) is 0 Å². The molecule has 0 aliphatic carbocycles. The summed E-state index contributed by atoms with van der Waals surface area (Å²) in [6.45, 7) is 11.2. The fourth-order valence-electron chi connectivity index (χ4n) is 4.62. The first-order valence-corrected chi connectivity index (χ1v) is 14.7. The average Bonchev–Trinajstić information content (AvgIpc) is 2.88. The minimum absolute atomic E-state index is 0. The van der Waals surface area contributed by atoms with E-state index in [1.165, 1.54) is 114 Å². The van der Waals surface area contributed by atoms with E-state index in [2.05, 4.69) is 85.6 Å². The summed E-state index contributed by atoms with van der Waals surface area (Å²) >= 11 is 0. The van der Waals surface area contributed by atoms with Crippen LogP contribution in [0.4, 0.5) is 0 Å². The largest absolute Gasteiger partial charge is 1.00 e. The van der Waals surface area contributed by atoms with Crippen LogP contribution < -0.4 is 57.1 Å². The standard InChI is InChI=1S/C17H30N.C15H26N.2HI/c1-3-5-6-7-8-9-10-11-14-17-15-12-13-16-18(17)4-2;1-3-5-6-7-8-9-12-15-13-10-11-14-16(15)4-2;;/h12-13,15-16H,3-11,14H2,1-2H3;10-11,13-14H,3-9,12H2,1-2H3;2*1H/q2*+1;;/p-2. The summed E-state index contributed by atoms with van der Waals surface area (Å²) in [6, 6.07) is 13.1. The molecule has 0 saturated heterocycles. The number of pyridine rings is 2. The van der Waals surface area contributed by atoms with Crippen LogP contribution in [0.25, 0.3) is 0 Å². The van der Waals surface area contributed by atoms with Crippen molar-refractivity contribution in [1.82, 2.24) is 0 Å². The molecule has 0 aliphatic rings. The number of hydrogen-bond donors (Lipinski definition) is 0. The van der Waals surface area contributed by atoms with Crippen molar-refractivity contribution >= 4 is 0 Å². The van der Waals surface area contributed by atoms with Crippen LogP contribution in [0, 0.1) is 0 Å². The molecule has 0 radical (unpaired) electrons. The Kier molecular flexibility index (Phi) is 29.3. The van der Waals surface area contributed by atoms with Gasteiger partial charge in [-0.2, -0.15) is 0 Å². The van der Waals surface area contributed by atoms with Crippen LogP contribution in [0.2, 0.25) is 0 Å². The molecule has 2 aromatic rings. The van der Waals surface area contributed by atoms with Crippen LogP contribution in [0.15, 0.2) is 48.8 Å². The van der Waals surface area contributed by atoms with E-state index in [1.807, 2.05) is 0 Å². The fourth-order valence-corrected chi connectivity index (χ4v) is 4.62. The molecule has 0 saturated carbocycles. The lowest BCUT2D eigenvalue weighted by Crippen LogP contribution is -3.00. The van der Waals surface area contributed by atoms with E-state index in [4.69, 9.17) is 0 Å². The SMILES string of the molecule is CCCCCCCCCCc1cccc[n+]1CC.CCCCCCCCc1cccc[n+]1CC.[I-].[I-]. The summed E-state index contributed by atoms with van der Waals surface area (Å²) in [5, 5.41) is 0. The predicted molar refractivity (Wildman–Crippen MR) is 148 cm³/mol. The van der Waals surface area contributed by atoms with Gasteiger partial charge in [-0.05, 0) is 26.7 Å². The van der Waals surface area contributed by atoms with E-state index in [-0.39, 0.29) is 48.0 Å². The maximum Gasteiger partial charge on any atom is 0.181 e. The Morgan fingerprint density at radius 3 is 1.11 bits per heavy atom. The van der Waals surface area contributed by atoms with Crippen molar-refractivity contribution in [2.24, 2.45) is 0 Å². The molecular weight excluding hydrogens is 666 g/mol. The normalized spacial score (nSPS) is 10.1. The van der Waals surface area contributed by atoms with Gasteiger partial charge in [0, 0.05) is 37.1 Å². The molecule has 0 bridgehead atoms. The fraction of sp³-hybridized carbons (Fsp3) is 0.688. The van der Waals surface area contributed by atoms with Gasteiger partial charge in [0.05, 0.1) is 0 Å². The molecular formula is C32H56I2N2. The lowest BCUT2D eigenvalue weighted by Gasteiger charge is -2.02. The quantitative estimate of drug-likeness (QED) is 0.127. The number of aromatic nitrogens is 2. The Morgan fingerprint density at radius 1 is 0.444 bits per heavy atom. The second-order valence-corrected chi connectivity index (χ2v) is 9.70. The van der Waals surface area contributed by atoms with Crippen molar-refractivity contribution in [3.05, 3.63) is 60.2 Å². The summed E-state index contributed by atoms with van der Waals surface area (Å²) < 4.78 is 4.72. The zero-order valence-corrected chi connectivity index (χ0v) is 28.3. The molecule has 0 atom stereocenters. The van der Waals surface area contributed by atoms with Crippen LogP contribution in [0.3, 0.4) is 0 Å². The third-order valence-electron chi connectivity index (χ3n) is 6.82. The second kappa shape index (κ2) is 27.8. The van der Waals surface area contributed by atoms with Gasteiger partial charge in [0.15, 0.2) is 23.8 Å². The maximum atomic E-state index is 2.36. The molecule has 0 spiro atoms.